The van der Waals surface area contributed by atoms with Crippen molar-refractivity contribution in [2.24, 2.45) is 0 Å². The number of fused-ring (bicyclic) bond motifs is 8. The second-order valence-corrected chi connectivity index (χ2v) is 6.72. The molecule has 6 nitrogen and oxygen atoms in total. The van der Waals surface area contributed by atoms with Crippen molar-refractivity contribution < 1.29 is 0 Å². The van der Waals surface area contributed by atoms with Gasteiger partial charge in [-0.25, -0.2) is 9.97 Å². The summed E-state index contributed by atoms with van der Waals surface area (Å²) in [7, 11) is 0. The molecule has 0 aliphatic carbocycles. The third kappa shape index (κ3) is 2.20. The second kappa shape index (κ2) is 6.25. The highest BCUT2D eigenvalue weighted by atomic mass is 14.8. The SMILES string of the molecule is N#Cc1cc2c(cc1C#N)c1c3ccccc3ccc1c1nc(C#N)c(C#N)nc21. The number of nitriles is 4. The van der Waals surface area contributed by atoms with E-state index >= 15 is 0 Å². The van der Waals surface area contributed by atoms with Gasteiger partial charge in [-0.2, -0.15) is 21.0 Å². The predicted molar refractivity (Wildman–Crippen MR) is 111 cm³/mol. The summed E-state index contributed by atoms with van der Waals surface area (Å²) in [5.41, 5.74) is 1.26. The first-order chi connectivity index (χ1) is 14.7. The molecule has 6 heteroatoms. The van der Waals surface area contributed by atoms with Crippen molar-refractivity contribution in [1.82, 2.24) is 9.97 Å². The maximum Gasteiger partial charge on any atom is 0.177 e. The Hall–Kier alpha value is -5.04. The topological polar surface area (TPSA) is 121 Å². The zero-order valence-electron chi connectivity index (χ0n) is 15.3. The normalized spacial score (nSPS) is 10.5. The van der Waals surface area contributed by atoms with E-state index in [1.165, 1.54) is 0 Å². The lowest BCUT2D eigenvalue weighted by molar-refractivity contribution is 1.21. The van der Waals surface area contributed by atoms with Crippen LogP contribution in [0.3, 0.4) is 0 Å². The Labute approximate surface area is 170 Å². The van der Waals surface area contributed by atoms with Crippen molar-refractivity contribution in [3.63, 3.8) is 0 Å². The smallest absolute Gasteiger partial charge is 0.177 e. The minimum Gasteiger partial charge on any atom is -0.232 e. The quantitative estimate of drug-likeness (QED) is 0.363. The van der Waals surface area contributed by atoms with Gasteiger partial charge in [-0.15, -0.1) is 0 Å². The standard InChI is InChI=1S/C24H8N6/c25-9-14-7-18-19(8-15(14)10-26)24-23(29-20(11-27)21(12-28)30-24)17-6-5-13-3-1-2-4-16(13)22(17)18/h1-8H. The summed E-state index contributed by atoms with van der Waals surface area (Å²) < 4.78 is 0. The molecule has 1 heterocycles. The summed E-state index contributed by atoms with van der Waals surface area (Å²) in [6.45, 7) is 0. The molecule has 0 fully saturated rings. The van der Waals surface area contributed by atoms with E-state index in [-0.39, 0.29) is 22.5 Å². The van der Waals surface area contributed by atoms with Crippen molar-refractivity contribution in [1.29, 1.82) is 21.0 Å². The summed E-state index contributed by atoms with van der Waals surface area (Å²) in [6.07, 6.45) is 0. The summed E-state index contributed by atoms with van der Waals surface area (Å²) >= 11 is 0. The predicted octanol–water partition coefficient (Wildman–Crippen LogP) is 4.58. The Morgan fingerprint density at radius 2 is 1.17 bits per heavy atom. The van der Waals surface area contributed by atoms with Gasteiger partial charge in [0, 0.05) is 10.8 Å². The van der Waals surface area contributed by atoms with Gasteiger partial charge >= 0.3 is 0 Å². The lowest BCUT2D eigenvalue weighted by atomic mass is 9.92. The van der Waals surface area contributed by atoms with E-state index < -0.39 is 0 Å². The minimum atomic E-state index is -0.0747. The number of hydrogen-bond acceptors (Lipinski definition) is 6. The fourth-order valence-electron chi connectivity index (χ4n) is 3.91. The molecule has 1 aromatic heterocycles. The monoisotopic (exact) mass is 380 g/mol. The minimum absolute atomic E-state index is 0.0482. The molecule has 5 rings (SSSR count). The molecule has 0 radical (unpaired) electrons. The van der Waals surface area contributed by atoms with Gasteiger partial charge in [-0.3, -0.25) is 0 Å². The maximum absolute atomic E-state index is 9.55. The van der Waals surface area contributed by atoms with Crippen LogP contribution in [0, 0.1) is 45.3 Å². The van der Waals surface area contributed by atoms with E-state index in [1.54, 1.807) is 12.1 Å². The summed E-state index contributed by atoms with van der Waals surface area (Å²) in [4.78, 5) is 8.87. The fourth-order valence-corrected chi connectivity index (χ4v) is 3.91. The van der Waals surface area contributed by atoms with Gasteiger partial charge < -0.3 is 0 Å². The van der Waals surface area contributed by atoms with E-state index in [0.717, 1.165) is 26.9 Å². The molecule has 0 aliphatic rings. The van der Waals surface area contributed by atoms with E-state index in [0.29, 0.717) is 16.4 Å². The highest BCUT2D eigenvalue weighted by Crippen LogP contribution is 2.38. The third-order valence-electron chi connectivity index (χ3n) is 5.21. The average molecular weight is 380 g/mol. The molecular weight excluding hydrogens is 372 g/mol. The average Bonchev–Trinajstić information content (AvgIpc) is 2.81. The molecule has 0 spiro atoms. The Bertz CT molecular complexity index is 1740. The van der Waals surface area contributed by atoms with Gasteiger partial charge in [0.15, 0.2) is 11.4 Å². The second-order valence-electron chi connectivity index (χ2n) is 6.72. The van der Waals surface area contributed by atoms with Crippen LogP contribution in [0.4, 0.5) is 0 Å². The lowest BCUT2D eigenvalue weighted by Gasteiger charge is -2.13. The molecule has 134 valence electrons. The highest BCUT2D eigenvalue weighted by molar-refractivity contribution is 6.30. The van der Waals surface area contributed by atoms with Crippen LogP contribution in [0.1, 0.15) is 22.5 Å². The summed E-state index contributed by atoms with van der Waals surface area (Å²) in [6, 6.07) is 23.0. The van der Waals surface area contributed by atoms with Gasteiger partial charge in [-0.1, -0.05) is 36.4 Å². The zero-order valence-corrected chi connectivity index (χ0v) is 15.3. The molecule has 0 bridgehead atoms. The number of hydrogen-bond donors (Lipinski definition) is 0. The van der Waals surface area contributed by atoms with Crippen LogP contribution in [0.5, 0.6) is 0 Å². The van der Waals surface area contributed by atoms with Crippen molar-refractivity contribution in [3.8, 4) is 24.3 Å². The van der Waals surface area contributed by atoms with Crippen LogP contribution < -0.4 is 0 Å². The van der Waals surface area contributed by atoms with Crippen molar-refractivity contribution in [3.05, 3.63) is 71.0 Å². The molecule has 0 amide bonds. The van der Waals surface area contributed by atoms with Crippen LogP contribution in [0.25, 0.3) is 43.4 Å². The van der Waals surface area contributed by atoms with E-state index in [9.17, 15) is 21.0 Å². The third-order valence-corrected chi connectivity index (χ3v) is 5.21. The Morgan fingerprint density at radius 1 is 0.567 bits per heavy atom. The molecule has 0 aliphatic heterocycles. The fraction of sp³-hybridized carbons (Fsp3) is 0. The number of rotatable bonds is 0. The van der Waals surface area contributed by atoms with E-state index in [2.05, 4.69) is 22.1 Å². The van der Waals surface area contributed by atoms with Gasteiger partial charge in [0.05, 0.1) is 22.2 Å². The van der Waals surface area contributed by atoms with Crippen LogP contribution in [-0.4, -0.2) is 9.97 Å². The van der Waals surface area contributed by atoms with Crippen molar-refractivity contribution in [2.75, 3.05) is 0 Å². The maximum atomic E-state index is 9.55. The van der Waals surface area contributed by atoms with E-state index in [1.807, 2.05) is 48.5 Å². The molecular formula is C24H8N6. The Morgan fingerprint density at radius 3 is 1.80 bits per heavy atom. The number of benzene rings is 4. The van der Waals surface area contributed by atoms with Crippen LogP contribution in [-0.2, 0) is 0 Å². The van der Waals surface area contributed by atoms with Crippen molar-refractivity contribution in [2.45, 2.75) is 0 Å². The van der Waals surface area contributed by atoms with Crippen molar-refractivity contribution >= 4 is 43.4 Å². The van der Waals surface area contributed by atoms with E-state index in [4.69, 9.17) is 0 Å². The van der Waals surface area contributed by atoms with Crippen LogP contribution in [0.2, 0.25) is 0 Å². The first kappa shape index (κ1) is 17.1. The molecule has 0 atom stereocenters. The Balaban J connectivity index is 2.19. The van der Waals surface area contributed by atoms with Gasteiger partial charge in [0.25, 0.3) is 0 Å². The summed E-state index contributed by atoms with van der Waals surface area (Å²) in [5.74, 6) is 0. The molecule has 5 aromatic rings. The van der Waals surface area contributed by atoms with Crippen LogP contribution >= 0.6 is 0 Å². The molecule has 0 saturated carbocycles. The molecule has 0 saturated heterocycles. The number of aromatic nitrogens is 2. The largest absolute Gasteiger partial charge is 0.232 e. The van der Waals surface area contributed by atoms with Gasteiger partial charge in [-0.05, 0) is 33.7 Å². The highest BCUT2D eigenvalue weighted by Gasteiger charge is 2.18. The first-order valence-electron chi connectivity index (χ1n) is 8.93. The zero-order chi connectivity index (χ0) is 20.8. The first-order valence-corrected chi connectivity index (χ1v) is 8.93. The lowest BCUT2D eigenvalue weighted by Crippen LogP contribution is -1.98. The van der Waals surface area contributed by atoms with Gasteiger partial charge in [0.2, 0.25) is 0 Å². The molecule has 0 unspecified atom stereocenters. The molecule has 30 heavy (non-hydrogen) atoms. The summed E-state index contributed by atoms with van der Waals surface area (Å²) in [5, 5.41) is 42.9. The van der Waals surface area contributed by atoms with Crippen LogP contribution in [0.15, 0.2) is 48.5 Å². The Kier molecular flexibility index (Phi) is 3.56. The molecule has 0 N–H and O–H groups in total. The van der Waals surface area contributed by atoms with Gasteiger partial charge in [0.1, 0.15) is 24.3 Å². The number of nitrogens with zero attached hydrogens (tertiary/aromatic N) is 6. The molecule has 4 aromatic carbocycles.